The van der Waals surface area contributed by atoms with Crippen LogP contribution in [-0.2, 0) is 4.79 Å². The van der Waals surface area contributed by atoms with Crippen LogP contribution in [0.5, 0.6) is 0 Å². The highest BCUT2D eigenvalue weighted by Crippen LogP contribution is 2.27. The second kappa shape index (κ2) is 5.74. The van der Waals surface area contributed by atoms with E-state index in [-0.39, 0.29) is 11.9 Å². The molecule has 0 aromatic heterocycles. The maximum Gasteiger partial charge on any atom is 0.219 e. The molecule has 0 spiro atoms. The molecule has 2 N–H and O–H groups in total. The molecule has 1 aliphatic heterocycles. The molecule has 0 bridgehead atoms. The van der Waals surface area contributed by atoms with Gasteiger partial charge in [0.1, 0.15) is 0 Å². The number of benzene rings is 1. The molecule has 2 rings (SSSR count). The van der Waals surface area contributed by atoms with Gasteiger partial charge >= 0.3 is 0 Å². The minimum absolute atomic E-state index is 0.0902. The summed E-state index contributed by atoms with van der Waals surface area (Å²) in [6, 6.07) is 8.86. The van der Waals surface area contributed by atoms with Gasteiger partial charge in [0, 0.05) is 32.0 Å². The second-order valence-electron chi connectivity index (χ2n) is 5.94. The van der Waals surface area contributed by atoms with E-state index in [1.807, 2.05) is 4.90 Å². The SMILES string of the molecule is CC(=O)N1CC(N)CC(c2ccc(C(C)C)cc2)C1. The molecule has 2 unspecified atom stereocenters. The molecular formula is C16H24N2O. The Morgan fingerprint density at radius 2 is 1.89 bits per heavy atom. The number of piperidine rings is 1. The highest BCUT2D eigenvalue weighted by atomic mass is 16.2. The monoisotopic (exact) mass is 260 g/mol. The Labute approximate surface area is 115 Å². The Balaban J connectivity index is 2.14. The standard InChI is InChI=1S/C16H24N2O/c1-11(2)13-4-6-14(7-5-13)15-8-16(17)10-18(9-15)12(3)19/h4-7,11,15-16H,8-10,17H2,1-3H3. The fourth-order valence-electron chi connectivity index (χ4n) is 2.79. The van der Waals surface area contributed by atoms with Gasteiger partial charge in [0.15, 0.2) is 0 Å². The van der Waals surface area contributed by atoms with E-state index in [1.165, 1.54) is 11.1 Å². The third-order valence-corrected chi connectivity index (χ3v) is 4.00. The van der Waals surface area contributed by atoms with Gasteiger partial charge in [-0.15, -0.1) is 0 Å². The Morgan fingerprint density at radius 3 is 2.42 bits per heavy atom. The lowest BCUT2D eigenvalue weighted by Crippen LogP contribution is -2.47. The predicted octanol–water partition coefficient (Wildman–Crippen LogP) is 2.47. The van der Waals surface area contributed by atoms with Crippen LogP contribution >= 0.6 is 0 Å². The lowest BCUT2D eigenvalue weighted by molar-refractivity contribution is -0.130. The van der Waals surface area contributed by atoms with Crippen LogP contribution in [0.1, 0.15) is 50.2 Å². The van der Waals surface area contributed by atoms with Crippen molar-refractivity contribution in [3.63, 3.8) is 0 Å². The smallest absolute Gasteiger partial charge is 0.219 e. The third kappa shape index (κ3) is 3.35. The van der Waals surface area contributed by atoms with E-state index in [1.54, 1.807) is 6.92 Å². The van der Waals surface area contributed by atoms with Crippen molar-refractivity contribution in [1.82, 2.24) is 4.90 Å². The molecule has 104 valence electrons. The van der Waals surface area contributed by atoms with Gasteiger partial charge in [0.25, 0.3) is 0 Å². The summed E-state index contributed by atoms with van der Waals surface area (Å²) >= 11 is 0. The predicted molar refractivity (Wildman–Crippen MR) is 78.1 cm³/mol. The Kier molecular flexibility index (Phi) is 4.25. The van der Waals surface area contributed by atoms with Crippen molar-refractivity contribution in [1.29, 1.82) is 0 Å². The van der Waals surface area contributed by atoms with Crippen LogP contribution in [0.25, 0.3) is 0 Å². The highest BCUT2D eigenvalue weighted by molar-refractivity contribution is 5.73. The van der Waals surface area contributed by atoms with Gasteiger partial charge in [0.2, 0.25) is 5.91 Å². The summed E-state index contributed by atoms with van der Waals surface area (Å²) in [6.07, 6.45) is 0.963. The highest BCUT2D eigenvalue weighted by Gasteiger charge is 2.27. The van der Waals surface area contributed by atoms with Crippen molar-refractivity contribution < 1.29 is 4.79 Å². The van der Waals surface area contributed by atoms with E-state index in [0.717, 1.165) is 13.0 Å². The number of carbonyl (C=O) groups is 1. The Bertz CT molecular complexity index is 439. The maximum absolute atomic E-state index is 11.5. The number of nitrogens with zero attached hydrogens (tertiary/aromatic N) is 1. The quantitative estimate of drug-likeness (QED) is 0.888. The van der Waals surface area contributed by atoms with Gasteiger partial charge in [-0.1, -0.05) is 38.1 Å². The first-order valence-electron chi connectivity index (χ1n) is 7.08. The lowest BCUT2D eigenvalue weighted by Gasteiger charge is -2.36. The Morgan fingerprint density at radius 1 is 1.26 bits per heavy atom. The maximum atomic E-state index is 11.5. The molecule has 3 heteroatoms. The van der Waals surface area contributed by atoms with E-state index in [2.05, 4.69) is 38.1 Å². The van der Waals surface area contributed by atoms with Gasteiger partial charge in [-0.25, -0.2) is 0 Å². The molecule has 1 saturated heterocycles. The van der Waals surface area contributed by atoms with Crippen molar-refractivity contribution in [2.75, 3.05) is 13.1 Å². The number of hydrogen-bond donors (Lipinski definition) is 1. The summed E-state index contributed by atoms with van der Waals surface area (Å²) in [5.74, 6) is 1.05. The van der Waals surface area contributed by atoms with Gasteiger partial charge in [-0.2, -0.15) is 0 Å². The van der Waals surface area contributed by atoms with Gasteiger partial charge in [-0.3, -0.25) is 4.79 Å². The van der Waals surface area contributed by atoms with Crippen molar-refractivity contribution in [2.45, 2.75) is 45.1 Å². The topological polar surface area (TPSA) is 46.3 Å². The second-order valence-corrected chi connectivity index (χ2v) is 5.94. The minimum Gasteiger partial charge on any atom is -0.341 e. The molecule has 1 aliphatic rings. The first kappa shape index (κ1) is 14.1. The summed E-state index contributed by atoms with van der Waals surface area (Å²) in [4.78, 5) is 13.4. The minimum atomic E-state index is 0.0902. The number of amides is 1. The van der Waals surface area contributed by atoms with Crippen LogP contribution in [0, 0.1) is 0 Å². The fraction of sp³-hybridized carbons (Fsp3) is 0.562. The van der Waals surface area contributed by atoms with Crippen LogP contribution in [0.4, 0.5) is 0 Å². The van der Waals surface area contributed by atoms with Crippen LogP contribution < -0.4 is 5.73 Å². The molecule has 1 aromatic carbocycles. The zero-order valence-electron chi connectivity index (χ0n) is 12.1. The molecule has 1 heterocycles. The van der Waals surface area contributed by atoms with Crippen LogP contribution in [0.3, 0.4) is 0 Å². The number of carbonyl (C=O) groups excluding carboxylic acids is 1. The molecule has 3 nitrogen and oxygen atoms in total. The third-order valence-electron chi connectivity index (χ3n) is 4.00. The van der Waals surface area contributed by atoms with Crippen molar-refractivity contribution in [2.24, 2.45) is 5.73 Å². The number of nitrogens with two attached hydrogens (primary N) is 1. The van der Waals surface area contributed by atoms with E-state index >= 15 is 0 Å². The molecular weight excluding hydrogens is 236 g/mol. The first-order chi connectivity index (χ1) is 8.97. The molecule has 0 aliphatic carbocycles. The van der Waals surface area contributed by atoms with Crippen molar-refractivity contribution in [3.8, 4) is 0 Å². The first-order valence-corrected chi connectivity index (χ1v) is 7.08. The normalized spacial score (nSPS) is 23.7. The van der Waals surface area contributed by atoms with Crippen LogP contribution in [0.15, 0.2) is 24.3 Å². The van der Waals surface area contributed by atoms with Crippen LogP contribution in [-0.4, -0.2) is 29.9 Å². The Hall–Kier alpha value is -1.35. The van der Waals surface area contributed by atoms with E-state index < -0.39 is 0 Å². The lowest BCUT2D eigenvalue weighted by atomic mass is 9.87. The number of hydrogen-bond acceptors (Lipinski definition) is 2. The molecule has 0 radical (unpaired) electrons. The number of rotatable bonds is 2. The van der Waals surface area contributed by atoms with Crippen LogP contribution in [0.2, 0.25) is 0 Å². The zero-order chi connectivity index (χ0) is 14.0. The molecule has 1 aromatic rings. The van der Waals surface area contributed by atoms with E-state index in [4.69, 9.17) is 5.73 Å². The molecule has 0 saturated carbocycles. The van der Waals surface area contributed by atoms with E-state index in [9.17, 15) is 4.79 Å². The molecule has 1 fully saturated rings. The van der Waals surface area contributed by atoms with E-state index in [0.29, 0.717) is 18.4 Å². The summed E-state index contributed by atoms with van der Waals surface area (Å²) < 4.78 is 0. The fourth-order valence-corrected chi connectivity index (χ4v) is 2.79. The van der Waals surface area contributed by atoms with Gasteiger partial charge < -0.3 is 10.6 Å². The summed E-state index contributed by atoms with van der Waals surface area (Å²) in [5, 5.41) is 0. The molecule has 2 atom stereocenters. The average molecular weight is 260 g/mol. The average Bonchev–Trinajstić information content (AvgIpc) is 2.38. The largest absolute Gasteiger partial charge is 0.341 e. The summed E-state index contributed by atoms with van der Waals surface area (Å²) in [6.45, 7) is 7.50. The molecule has 1 amide bonds. The summed E-state index contributed by atoms with van der Waals surface area (Å²) in [5.41, 5.74) is 8.73. The van der Waals surface area contributed by atoms with Gasteiger partial charge in [0.05, 0.1) is 0 Å². The number of likely N-dealkylation sites (tertiary alicyclic amines) is 1. The molecule has 19 heavy (non-hydrogen) atoms. The summed E-state index contributed by atoms with van der Waals surface area (Å²) in [7, 11) is 0. The van der Waals surface area contributed by atoms with Crippen molar-refractivity contribution >= 4 is 5.91 Å². The van der Waals surface area contributed by atoms with Gasteiger partial charge in [-0.05, 0) is 23.5 Å². The zero-order valence-corrected chi connectivity index (χ0v) is 12.1. The van der Waals surface area contributed by atoms with Crippen molar-refractivity contribution in [3.05, 3.63) is 35.4 Å².